The van der Waals surface area contributed by atoms with Gasteiger partial charge in [-0.3, -0.25) is 4.79 Å². The third-order valence-electron chi connectivity index (χ3n) is 4.20. The van der Waals surface area contributed by atoms with Crippen molar-refractivity contribution < 1.29 is 9.53 Å². The Hall–Kier alpha value is -0.570. The minimum Gasteiger partial charge on any atom is -0.469 e. The van der Waals surface area contributed by atoms with E-state index in [0.717, 1.165) is 12.3 Å². The quantitative estimate of drug-likeness (QED) is 0.741. The van der Waals surface area contributed by atoms with Crippen LogP contribution in [0.1, 0.15) is 59.3 Å². The van der Waals surface area contributed by atoms with Crippen molar-refractivity contribution in [3.63, 3.8) is 0 Å². The maximum absolute atomic E-state index is 11.6. The fourth-order valence-electron chi connectivity index (χ4n) is 2.92. The van der Waals surface area contributed by atoms with Gasteiger partial charge in [-0.15, -0.1) is 0 Å². The summed E-state index contributed by atoms with van der Waals surface area (Å²) in [4.78, 5) is 11.6. The van der Waals surface area contributed by atoms with Gasteiger partial charge in [-0.05, 0) is 39.0 Å². The molecule has 0 amide bonds. The summed E-state index contributed by atoms with van der Waals surface area (Å²) in [7, 11) is 1.46. The summed E-state index contributed by atoms with van der Waals surface area (Å²) in [6, 6.07) is 0.550. The lowest BCUT2D eigenvalue weighted by Gasteiger charge is -2.33. The molecule has 106 valence electrons. The van der Waals surface area contributed by atoms with E-state index in [1.165, 1.54) is 39.2 Å². The van der Waals surface area contributed by atoms with Gasteiger partial charge in [0, 0.05) is 12.6 Å². The third-order valence-corrected chi connectivity index (χ3v) is 4.20. The molecule has 1 aliphatic rings. The Morgan fingerprint density at radius 2 is 1.94 bits per heavy atom. The lowest BCUT2D eigenvalue weighted by molar-refractivity contribution is -0.150. The molecule has 1 atom stereocenters. The molecule has 0 bridgehead atoms. The van der Waals surface area contributed by atoms with E-state index in [1.54, 1.807) is 0 Å². The zero-order valence-electron chi connectivity index (χ0n) is 12.4. The fraction of sp³-hybridized carbons (Fsp3) is 0.933. The van der Waals surface area contributed by atoms with Crippen LogP contribution >= 0.6 is 0 Å². The molecule has 1 aliphatic carbocycles. The number of esters is 1. The molecular weight excluding hydrogens is 226 g/mol. The summed E-state index contributed by atoms with van der Waals surface area (Å²) in [6.45, 7) is 6.82. The maximum Gasteiger partial charge on any atom is 0.312 e. The Kier molecular flexibility index (Phi) is 6.13. The van der Waals surface area contributed by atoms with Crippen LogP contribution in [-0.2, 0) is 9.53 Å². The first kappa shape index (κ1) is 15.5. The predicted octanol–water partition coefficient (Wildman–Crippen LogP) is 3.13. The minimum atomic E-state index is -0.434. The molecule has 0 saturated heterocycles. The molecule has 1 unspecified atom stereocenters. The van der Waals surface area contributed by atoms with Crippen molar-refractivity contribution in [1.82, 2.24) is 5.32 Å². The number of rotatable bonds is 6. The van der Waals surface area contributed by atoms with Crippen molar-refractivity contribution in [1.29, 1.82) is 0 Å². The Bertz CT molecular complexity index is 257. The lowest BCUT2D eigenvalue weighted by Crippen LogP contribution is -2.44. The van der Waals surface area contributed by atoms with E-state index in [2.05, 4.69) is 12.2 Å². The number of nitrogens with one attached hydrogen (secondary N) is 1. The second-order valence-corrected chi connectivity index (χ2v) is 6.17. The van der Waals surface area contributed by atoms with Gasteiger partial charge in [-0.2, -0.15) is 0 Å². The van der Waals surface area contributed by atoms with Crippen molar-refractivity contribution in [2.24, 2.45) is 11.3 Å². The highest BCUT2D eigenvalue weighted by Gasteiger charge is 2.30. The van der Waals surface area contributed by atoms with Crippen LogP contribution in [0.5, 0.6) is 0 Å². The van der Waals surface area contributed by atoms with E-state index in [0.29, 0.717) is 12.6 Å². The van der Waals surface area contributed by atoms with E-state index in [4.69, 9.17) is 4.74 Å². The second kappa shape index (κ2) is 7.13. The van der Waals surface area contributed by atoms with E-state index in [-0.39, 0.29) is 5.97 Å². The highest BCUT2D eigenvalue weighted by atomic mass is 16.5. The molecule has 1 saturated carbocycles. The third kappa shape index (κ3) is 4.27. The number of methoxy groups -OCH3 is 1. The first-order valence-electron chi connectivity index (χ1n) is 7.33. The van der Waals surface area contributed by atoms with Gasteiger partial charge in [-0.1, -0.05) is 26.2 Å². The zero-order valence-corrected chi connectivity index (χ0v) is 12.4. The van der Waals surface area contributed by atoms with Gasteiger partial charge in [0.25, 0.3) is 0 Å². The molecule has 0 aromatic heterocycles. The molecule has 3 nitrogen and oxygen atoms in total. The van der Waals surface area contributed by atoms with Gasteiger partial charge < -0.3 is 10.1 Å². The summed E-state index contributed by atoms with van der Waals surface area (Å²) < 4.78 is 4.85. The predicted molar refractivity (Wildman–Crippen MR) is 74.5 cm³/mol. The van der Waals surface area contributed by atoms with Crippen molar-refractivity contribution in [2.75, 3.05) is 13.7 Å². The van der Waals surface area contributed by atoms with Gasteiger partial charge in [0.1, 0.15) is 0 Å². The van der Waals surface area contributed by atoms with Crippen LogP contribution in [0.3, 0.4) is 0 Å². The molecule has 0 aromatic carbocycles. The topological polar surface area (TPSA) is 38.3 Å². The molecular formula is C15H29NO2. The van der Waals surface area contributed by atoms with Crippen molar-refractivity contribution in [3.8, 4) is 0 Å². The van der Waals surface area contributed by atoms with Crippen molar-refractivity contribution >= 4 is 5.97 Å². The van der Waals surface area contributed by atoms with Crippen LogP contribution in [0.25, 0.3) is 0 Å². The number of carbonyl (C=O) groups excluding carboxylic acids is 1. The number of hydrogen-bond donors (Lipinski definition) is 1. The second-order valence-electron chi connectivity index (χ2n) is 6.17. The molecule has 0 radical (unpaired) electrons. The number of carbonyl (C=O) groups is 1. The largest absolute Gasteiger partial charge is 0.469 e. The highest BCUT2D eigenvalue weighted by Crippen LogP contribution is 2.28. The van der Waals surface area contributed by atoms with Crippen LogP contribution in [0.15, 0.2) is 0 Å². The number of hydrogen-bond acceptors (Lipinski definition) is 3. The summed E-state index contributed by atoms with van der Waals surface area (Å²) >= 11 is 0. The average molecular weight is 255 g/mol. The van der Waals surface area contributed by atoms with E-state index in [1.807, 2.05) is 13.8 Å². The zero-order chi connectivity index (χ0) is 13.6. The molecule has 0 spiro atoms. The fourth-order valence-corrected chi connectivity index (χ4v) is 2.92. The van der Waals surface area contributed by atoms with Gasteiger partial charge in [0.05, 0.1) is 12.5 Å². The van der Waals surface area contributed by atoms with Gasteiger partial charge in [0.2, 0.25) is 0 Å². The molecule has 1 rings (SSSR count). The van der Waals surface area contributed by atoms with E-state index in [9.17, 15) is 4.79 Å². The maximum atomic E-state index is 11.6. The summed E-state index contributed by atoms with van der Waals surface area (Å²) in [5.41, 5.74) is -0.434. The SMILES string of the molecule is CCC(NCC(C)(C)C(=O)OC)C1CCCCC1. The van der Waals surface area contributed by atoms with E-state index >= 15 is 0 Å². The first-order chi connectivity index (χ1) is 8.51. The standard InChI is InChI=1S/C15H29NO2/c1-5-13(12-9-7-6-8-10-12)16-11-15(2,3)14(17)18-4/h12-13,16H,5-11H2,1-4H3. The smallest absolute Gasteiger partial charge is 0.312 e. The molecule has 18 heavy (non-hydrogen) atoms. The molecule has 1 N–H and O–H groups in total. The molecule has 0 aliphatic heterocycles. The molecule has 3 heteroatoms. The minimum absolute atomic E-state index is 0.131. The monoisotopic (exact) mass is 255 g/mol. The Labute approximate surface area is 112 Å². The van der Waals surface area contributed by atoms with Crippen molar-refractivity contribution in [3.05, 3.63) is 0 Å². The summed E-state index contributed by atoms with van der Waals surface area (Å²) in [6.07, 6.45) is 7.93. The Balaban J connectivity index is 2.45. The first-order valence-corrected chi connectivity index (χ1v) is 7.33. The average Bonchev–Trinajstić information content (AvgIpc) is 2.39. The van der Waals surface area contributed by atoms with Crippen LogP contribution in [0, 0.1) is 11.3 Å². The Morgan fingerprint density at radius 3 is 2.44 bits per heavy atom. The van der Waals surface area contributed by atoms with Gasteiger partial charge >= 0.3 is 5.97 Å². The molecule has 0 heterocycles. The highest BCUT2D eigenvalue weighted by molar-refractivity contribution is 5.76. The van der Waals surface area contributed by atoms with E-state index < -0.39 is 5.41 Å². The molecule has 1 fully saturated rings. The van der Waals surface area contributed by atoms with Gasteiger partial charge in [-0.25, -0.2) is 0 Å². The normalized spacial score (nSPS) is 19.6. The summed E-state index contributed by atoms with van der Waals surface area (Å²) in [5, 5.41) is 3.59. The molecule has 0 aromatic rings. The van der Waals surface area contributed by atoms with Crippen LogP contribution in [-0.4, -0.2) is 25.7 Å². The van der Waals surface area contributed by atoms with Crippen molar-refractivity contribution in [2.45, 2.75) is 65.3 Å². The van der Waals surface area contributed by atoms with Crippen LogP contribution in [0.4, 0.5) is 0 Å². The Morgan fingerprint density at radius 1 is 1.33 bits per heavy atom. The number of ether oxygens (including phenoxy) is 1. The lowest BCUT2D eigenvalue weighted by atomic mass is 9.82. The summed E-state index contributed by atoms with van der Waals surface area (Å²) in [5.74, 6) is 0.658. The van der Waals surface area contributed by atoms with Crippen LogP contribution < -0.4 is 5.32 Å². The van der Waals surface area contributed by atoms with Gasteiger partial charge in [0.15, 0.2) is 0 Å². The van der Waals surface area contributed by atoms with Crippen LogP contribution in [0.2, 0.25) is 0 Å².